The summed E-state index contributed by atoms with van der Waals surface area (Å²) < 4.78 is 0. The van der Waals surface area contributed by atoms with E-state index in [2.05, 4.69) is 15.2 Å². The number of pyridine rings is 1. The Hall–Kier alpha value is -2.95. The molecule has 0 aliphatic carbocycles. The van der Waals surface area contributed by atoms with Crippen molar-refractivity contribution in [2.75, 3.05) is 5.73 Å². The largest absolute Gasteiger partial charge is 0.506 e. The molecule has 98 valence electrons. The summed E-state index contributed by atoms with van der Waals surface area (Å²) in [5.41, 5.74) is 8.18. The minimum Gasteiger partial charge on any atom is -0.506 e. The highest BCUT2D eigenvalue weighted by Gasteiger charge is 2.05. The molecule has 3 aromatic rings. The van der Waals surface area contributed by atoms with Crippen LogP contribution in [0.15, 0.2) is 65.0 Å². The van der Waals surface area contributed by atoms with E-state index in [0.717, 1.165) is 5.39 Å². The molecule has 0 unspecified atom stereocenters. The van der Waals surface area contributed by atoms with E-state index in [9.17, 15) is 5.11 Å². The zero-order valence-corrected chi connectivity index (χ0v) is 10.6. The number of nitrogen functional groups attached to an aromatic ring is 1. The third kappa shape index (κ3) is 2.29. The summed E-state index contributed by atoms with van der Waals surface area (Å²) in [7, 11) is 0. The van der Waals surface area contributed by atoms with Crippen molar-refractivity contribution < 1.29 is 5.11 Å². The van der Waals surface area contributed by atoms with Crippen LogP contribution in [0.3, 0.4) is 0 Å². The van der Waals surface area contributed by atoms with Crippen LogP contribution in [0.5, 0.6) is 5.75 Å². The average Bonchev–Trinajstić information content (AvgIpc) is 2.49. The van der Waals surface area contributed by atoms with E-state index < -0.39 is 0 Å². The van der Waals surface area contributed by atoms with Crippen molar-refractivity contribution in [1.29, 1.82) is 0 Å². The number of hydrogen-bond acceptors (Lipinski definition) is 5. The van der Waals surface area contributed by atoms with Gasteiger partial charge in [-0.2, -0.15) is 5.11 Å². The van der Waals surface area contributed by atoms with E-state index in [1.54, 1.807) is 48.7 Å². The molecule has 0 saturated carbocycles. The number of anilines is 1. The fourth-order valence-electron chi connectivity index (χ4n) is 1.88. The predicted molar refractivity (Wildman–Crippen MR) is 78.4 cm³/mol. The molecular formula is C15H12N4O. The van der Waals surface area contributed by atoms with Gasteiger partial charge in [0.05, 0.1) is 11.4 Å². The number of hydrogen-bond donors (Lipinski definition) is 2. The van der Waals surface area contributed by atoms with Crippen molar-refractivity contribution in [3.63, 3.8) is 0 Å². The van der Waals surface area contributed by atoms with Crippen LogP contribution < -0.4 is 5.73 Å². The quantitative estimate of drug-likeness (QED) is 0.543. The Kier molecular flexibility index (Phi) is 3.01. The lowest BCUT2D eigenvalue weighted by Gasteiger charge is -2.02. The van der Waals surface area contributed by atoms with E-state index in [1.807, 2.05) is 6.07 Å². The summed E-state index contributed by atoms with van der Waals surface area (Å²) in [6.07, 6.45) is 1.63. The summed E-state index contributed by atoms with van der Waals surface area (Å²) in [6.45, 7) is 0. The summed E-state index contributed by atoms with van der Waals surface area (Å²) in [6, 6.07) is 14.0. The summed E-state index contributed by atoms with van der Waals surface area (Å²) >= 11 is 0. The van der Waals surface area contributed by atoms with Crippen LogP contribution in [0, 0.1) is 0 Å². The Bertz CT molecular complexity index is 781. The monoisotopic (exact) mass is 264 g/mol. The van der Waals surface area contributed by atoms with Crippen molar-refractivity contribution in [1.82, 2.24) is 4.98 Å². The maximum atomic E-state index is 9.76. The van der Waals surface area contributed by atoms with Gasteiger partial charge in [0.25, 0.3) is 0 Å². The Morgan fingerprint density at radius 2 is 1.75 bits per heavy atom. The summed E-state index contributed by atoms with van der Waals surface area (Å²) in [5, 5.41) is 18.9. The number of phenols is 1. The Balaban J connectivity index is 2.03. The lowest BCUT2D eigenvalue weighted by atomic mass is 10.2. The van der Waals surface area contributed by atoms with Gasteiger partial charge in [-0.05, 0) is 48.5 Å². The maximum Gasteiger partial charge on any atom is 0.141 e. The molecule has 0 fully saturated rings. The molecule has 0 atom stereocenters. The molecule has 0 amide bonds. The molecule has 1 heterocycles. The number of rotatable bonds is 2. The number of nitrogens with zero attached hydrogens (tertiary/aromatic N) is 3. The average molecular weight is 264 g/mol. The van der Waals surface area contributed by atoms with Gasteiger partial charge in [0, 0.05) is 17.3 Å². The van der Waals surface area contributed by atoms with Crippen LogP contribution in [0.1, 0.15) is 0 Å². The molecule has 0 aliphatic rings. The highest BCUT2D eigenvalue weighted by atomic mass is 16.3. The number of phenolic OH excluding ortho intramolecular Hbond substituents is 1. The van der Waals surface area contributed by atoms with Crippen LogP contribution in [0.4, 0.5) is 17.1 Å². The SMILES string of the molecule is Nc1ccc(N=Nc2ccc(O)c3ncccc23)cc1. The molecule has 20 heavy (non-hydrogen) atoms. The summed E-state index contributed by atoms with van der Waals surface area (Å²) in [4.78, 5) is 4.14. The second kappa shape index (κ2) is 4.97. The van der Waals surface area contributed by atoms with Crippen LogP contribution in [-0.4, -0.2) is 10.1 Å². The van der Waals surface area contributed by atoms with Gasteiger partial charge in [0.2, 0.25) is 0 Å². The molecule has 0 aliphatic heterocycles. The normalized spacial score (nSPS) is 11.2. The molecule has 5 heteroatoms. The van der Waals surface area contributed by atoms with Gasteiger partial charge in [-0.3, -0.25) is 4.98 Å². The topological polar surface area (TPSA) is 83.9 Å². The molecular weight excluding hydrogens is 252 g/mol. The zero-order chi connectivity index (χ0) is 13.9. The molecule has 0 saturated heterocycles. The van der Waals surface area contributed by atoms with E-state index in [-0.39, 0.29) is 5.75 Å². The number of aromatic hydroxyl groups is 1. The van der Waals surface area contributed by atoms with Gasteiger partial charge in [-0.25, -0.2) is 0 Å². The van der Waals surface area contributed by atoms with E-state index >= 15 is 0 Å². The first-order valence-electron chi connectivity index (χ1n) is 6.08. The Morgan fingerprint density at radius 1 is 0.950 bits per heavy atom. The standard InChI is InChI=1S/C15H12N4O/c16-10-3-5-11(6-4-10)18-19-13-7-8-14(20)15-12(13)2-1-9-17-15/h1-9,20H,16H2. The highest BCUT2D eigenvalue weighted by molar-refractivity contribution is 5.93. The molecule has 0 bridgehead atoms. The lowest BCUT2D eigenvalue weighted by molar-refractivity contribution is 0.480. The lowest BCUT2D eigenvalue weighted by Crippen LogP contribution is -1.81. The van der Waals surface area contributed by atoms with Gasteiger partial charge >= 0.3 is 0 Å². The number of aromatic nitrogens is 1. The Morgan fingerprint density at radius 3 is 2.55 bits per heavy atom. The van der Waals surface area contributed by atoms with Crippen LogP contribution in [0.25, 0.3) is 10.9 Å². The van der Waals surface area contributed by atoms with Gasteiger partial charge in [-0.1, -0.05) is 0 Å². The first kappa shape index (κ1) is 12.1. The Labute approximate surface area is 115 Å². The van der Waals surface area contributed by atoms with Crippen molar-refractivity contribution >= 4 is 28.0 Å². The van der Waals surface area contributed by atoms with Gasteiger partial charge in [-0.15, -0.1) is 5.11 Å². The highest BCUT2D eigenvalue weighted by Crippen LogP contribution is 2.31. The third-order valence-corrected chi connectivity index (χ3v) is 2.89. The third-order valence-electron chi connectivity index (χ3n) is 2.89. The molecule has 0 radical (unpaired) electrons. The molecule has 2 aromatic carbocycles. The fraction of sp³-hybridized carbons (Fsp3) is 0. The molecule has 3 rings (SSSR count). The van der Waals surface area contributed by atoms with E-state index in [4.69, 9.17) is 5.73 Å². The van der Waals surface area contributed by atoms with Gasteiger partial charge in [0.15, 0.2) is 0 Å². The second-order valence-electron chi connectivity index (χ2n) is 4.29. The number of fused-ring (bicyclic) bond motifs is 1. The second-order valence-corrected chi connectivity index (χ2v) is 4.29. The number of nitrogens with two attached hydrogens (primary N) is 1. The smallest absolute Gasteiger partial charge is 0.141 e. The first-order valence-corrected chi connectivity index (χ1v) is 6.08. The fourth-order valence-corrected chi connectivity index (χ4v) is 1.88. The van der Waals surface area contributed by atoms with Crippen LogP contribution >= 0.6 is 0 Å². The molecule has 1 aromatic heterocycles. The molecule has 3 N–H and O–H groups in total. The van der Waals surface area contributed by atoms with Crippen molar-refractivity contribution in [2.45, 2.75) is 0 Å². The van der Waals surface area contributed by atoms with E-state index in [0.29, 0.717) is 22.6 Å². The van der Waals surface area contributed by atoms with Crippen LogP contribution in [-0.2, 0) is 0 Å². The predicted octanol–water partition coefficient (Wildman–Crippen LogP) is 3.94. The van der Waals surface area contributed by atoms with Gasteiger partial charge < -0.3 is 10.8 Å². The molecule has 0 spiro atoms. The first-order chi connectivity index (χ1) is 9.74. The molecule has 5 nitrogen and oxygen atoms in total. The minimum atomic E-state index is 0.132. The number of azo groups is 1. The van der Waals surface area contributed by atoms with Crippen LogP contribution in [0.2, 0.25) is 0 Å². The number of benzene rings is 2. The maximum absolute atomic E-state index is 9.76. The van der Waals surface area contributed by atoms with Gasteiger partial charge in [0.1, 0.15) is 11.3 Å². The zero-order valence-electron chi connectivity index (χ0n) is 10.6. The van der Waals surface area contributed by atoms with E-state index in [1.165, 1.54) is 0 Å². The van der Waals surface area contributed by atoms with Crippen molar-refractivity contribution in [2.24, 2.45) is 10.2 Å². The summed E-state index contributed by atoms with van der Waals surface area (Å²) in [5.74, 6) is 0.132. The van der Waals surface area contributed by atoms with Crippen molar-refractivity contribution in [3.8, 4) is 5.75 Å². The minimum absolute atomic E-state index is 0.132. The van der Waals surface area contributed by atoms with Crippen molar-refractivity contribution in [3.05, 3.63) is 54.7 Å².